The summed E-state index contributed by atoms with van der Waals surface area (Å²) in [5, 5.41) is 0. The van der Waals surface area contributed by atoms with Crippen LogP contribution in [0.25, 0.3) is 0 Å². The highest BCUT2D eigenvalue weighted by Gasteiger charge is 2.15. The van der Waals surface area contributed by atoms with E-state index in [1.807, 2.05) is 0 Å². The Hall–Kier alpha value is -1.42. The van der Waals surface area contributed by atoms with Gasteiger partial charge in [-0.1, -0.05) is 12.1 Å². The maximum absolute atomic E-state index is 13.3. The summed E-state index contributed by atoms with van der Waals surface area (Å²) in [6.07, 6.45) is 0.0676. The van der Waals surface area contributed by atoms with E-state index >= 15 is 0 Å². The van der Waals surface area contributed by atoms with Gasteiger partial charge in [-0.15, -0.1) is 0 Å². The fraction of sp³-hybridized carbons (Fsp3) is 0.417. The van der Waals surface area contributed by atoms with Gasteiger partial charge in [0.05, 0.1) is 13.0 Å². The van der Waals surface area contributed by atoms with Crippen molar-refractivity contribution in [3.63, 3.8) is 0 Å². The van der Waals surface area contributed by atoms with E-state index in [-0.39, 0.29) is 18.2 Å². The van der Waals surface area contributed by atoms with Crippen molar-refractivity contribution in [2.75, 3.05) is 6.61 Å². The SMILES string of the molecule is CCOC(=O)C[C@H](N)c1cccc(F)c1C. The van der Waals surface area contributed by atoms with Crippen molar-refractivity contribution < 1.29 is 13.9 Å². The van der Waals surface area contributed by atoms with E-state index in [0.717, 1.165) is 0 Å². The Bertz CT molecular complexity index is 379. The van der Waals surface area contributed by atoms with E-state index in [1.54, 1.807) is 26.0 Å². The zero-order valence-electron chi connectivity index (χ0n) is 9.50. The van der Waals surface area contributed by atoms with Crippen LogP contribution in [-0.2, 0) is 9.53 Å². The van der Waals surface area contributed by atoms with Crippen LogP contribution < -0.4 is 5.73 Å². The van der Waals surface area contributed by atoms with Gasteiger partial charge < -0.3 is 10.5 Å². The molecule has 0 aromatic heterocycles. The summed E-state index contributed by atoms with van der Waals surface area (Å²) in [5.74, 6) is -0.671. The van der Waals surface area contributed by atoms with E-state index in [1.165, 1.54) is 6.07 Å². The first-order valence-electron chi connectivity index (χ1n) is 5.22. The summed E-state index contributed by atoms with van der Waals surface area (Å²) in [5.41, 5.74) is 6.96. The summed E-state index contributed by atoms with van der Waals surface area (Å²) in [6.45, 7) is 3.71. The molecule has 0 amide bonds. The molecule has 0 fully saturated rings. The number of ether oxygens (including phenoxy) is 1. The Balaban J connectivity index is 2.76. The first-order valence-corrected chi connectivity index (χ1v) is 5.22. The predicted octanol–water partition coefficient (Wildman–Crippen LogP) is 2.09. The van der Waals surface area contributed by atoms with Gasteiger partial charge in [0.1, 0.15) is 5.82 Å². The summed E-state index contributed by atoms with van der Waals surface area (Å²) in [7, 11) is 0. The molecule has 16 heavy (non-hydrogen) atoms. The Kier molecular flexibility index (Phi) is 4.43. The molecule has 0 aliphatic rings. The maximum Gasteiger partial charge on any atom is 0.307 e. The quantitative estimate of drug-likeness (QED) is 0.798. The Morgan fingerprint density at radius 3 is 2.88 bits per heavy atom. The van der Waals surface area contributed by atoms with Crippen LogP contribution >= 0.6 is 0 Å². The number of nitrogens with two attached hydrogens (primary N) is 1. The standard InChI is InChI=1S/C12H16FNO2/c1-3-16-12(15)7-11(14)9-5-4-6-10(13)8(9)2/h4-6,11H,3,7,14H2,1-2H3/t11-/m0/s1. The molecule has 0 radical (unpaired) electrons. The number of rotatable bonds is 4. The average molecular weight is 225 g/mol. The maximum atomic E-state index is 13.3. The Labute approximate surface area is 94.4 Å². The largest absolute Gasteiger partial charge is 0.466 e. The molecule has 0 saturated carbocycles. The van der Waals surface area contributed by atoms with Crippen LogP contribution in [0, 0.1) is 12.7 Å². The second-order valence-electron chi connectivity index (χ2n) is 3.57. The second-order valence-corrected chi connectivity index (χ2v) is 3.57. The lowest BCUT2D eigenvalue weighted by molar-refractivity contribution is -0.143. The van der Waals surface area contributed by atoms with Crippen LogP contribution in [0.1, 0.15) is 30.5 Å². The highest BCUT2D eigenvalue weighted by molar-refractivity contribution is 5.70. The van der Waals surface area contributed by atoms with Crippen LogP contribution in [0.4, 0.5) is 4.39 Å². The summed E-state index contributed by atoms with van der Waals surface area (Å²) < 4.78 is 18.0. The molecule has 0 aliphatic carbocycles. The van der Waals surface area contributed by atoms with Crippen LogP contribution in [0.2, 0.25) is 0 Å². The van der Waals surface area contributed by atoms with E-state index in [4.69, 9.17) is 10.5 Å². The zero-order chi connectivity index (χ0) is 12.1. The van der Waals surface area contributed by atoms with Crippen LogP contribution in [0.3, 0.4) is 0 Å². The molecule has 0 saturated heterocycles. The molecule has 2 N–H and O–H groups in total. The van der Waals surface area contributed by atoms with Crippen LogP contribution in [-0.4, -0.2) is 12.6 Å². The lowest BCUT2D eigenvalue weighted by Crippen LogP contribution is -2.18. The van der Waals surface area contributed by atoms with E-state index in [2.05, 4.69) is 0 Å². The summed E-state index contributed by atoms with van der Waals surface area (Å²) in [4.78, 5) is 11.2. The van der Waals surface area contributed by atoms with Crippen molar-refractivity contribution in [2.24, 2.45) is 5.73 Å². The molecular weight excluding hydrogens is 209 g/mol. The van der Waals surface area contributed by atoms with E-state index in [0.29, 0.717) is 17.7 Å². The van der Waals surface area contributed by atoms with Gasteiger partial charge in [-0.3, -0.25) is 4.79 Å². The number of halogens is 1. The van der Waals surface area contributed by atoms with Gasteiger partial charge in [-0.05, 0) is 31.0 Å². The van der Waals surface area contributed by atoms with Crippen molar-refractivity contribution in [3.05, 3.63) is 35.1 Å². The second kappa shape index (κ2) is 5.61. The van der Waals surface area contributed by atoms with Gasteiger partial charge in [0, 0.05) is 6.04 Å². The minimum Gasteiger partial charge on any atom is -0.466 e. The molecule has 0 heterocycles. The molecule has 0 spiro atoms. The van der Waals surface area contributed by atoms with Crippen molar-refractivity contribution >= 4 is 5.97 Å². The molecule has 0 aliphatic heterocycles. The lowest BCUT2D eigenvalue weighted by atomic mass is 9.99. The topological polar surface area (TPSA) is 52.3 Å². The van der Waals surface area contributed by atoms with E-state index < -0.39 is 6.04 Å². The molecule has 1 aromatic rings. The molecule has 0 bridgehead atoms. The van der Waals surface area contributed by atoms with Crippen molar-refractivity contribution in [1.29, 1.82) is 0 Å². The first kappa shape index (κ1) is 12.6. The number of carbonyl (C=O) groups excluding carboxylic acids is 1. The van der Waals surface area contributed by atoms with E-state index in [9.17, 15) is 9.18 Å². The lowest BCUT2D eigenvalue weighted by Gasteiger charge is -2.14. The Morgan fingerprint density at radius 2 is 2.25 bits per heavy atom. The number of carbonyl (C=O) groups is 1. The molecule has 4 heteroatoms. The van der Waals surface area contributed by atoms with Crippen molar-refractivity contribution in [2.45, 2.75) is 26.3 Å². The minimum atomic E-state index is -0.519. The van der Waals surface area contributed by atoms with Crippen molar-refractivity contribution in [3.8, 4) is 0 Å². The van der Waals surface area contributed by atoms with Gasteiger partial charge in [0.25, 0.3) is 0 Å². The molecule has 1 rings (SSSR count). The smallest absolute Gasteiger partial charge is 0.307 e. The summed E-state index contributed by atoms with van der Waals surface area (Å²) in [6, 6.07) is 4.16. The number of hydrogen-bond acceptors (Lipinski definition) is 3. The molecular formula is C12H16FNO2. The Morgan fingerprint density at radius 1 is 1.56 bits per heavy atom. The minimum absolute atomic E-state index is 0.0676. The molecule has 1 atom stereocenters. The third kappa shape index (κ3) is 3.03. The predicted molar refractivity (Wildman–Crippen MR) is 59.3 cm³/mol. The van der Waals surface area contributed by atoms with Crippen LogP contribution in [0.15, 0.2) is 18.2 Å². The molecule has 0 unspecified atom stereocenters. The van der Waals surface area contributed by atoms with Gasteiger partial charge in [-0.2, -0.15) is 0 Å². The average Bonchev–Trinajstić information content (AvgIpc) is 2.22. The third-order valence-electron chi connectivity index (χ3n) is 2.40. The van der Waals surface area contributed by atoms with Gasteiger partial charge in [0.15, 0.2) is 0 Å². The molecule has 88 valence electrons. The van der Waals surface area contributed by atoms with Crippen LogP contribution in [0.5, 0.6) is 0 Å². The monoisotopic (exact) mass is 225 g/mol. The molecule has 3 nitrogen and oxygen atoms in total. The third-order valence-corrected chi connectivity index (χ3v) is 2.40. The normalized spacial score (nSPS) is 12.2. The number of esters is 1. The number of hydrogen-bond donors (Lipinski definition) is 1. The fourth-order valence-electron chi connectivity index (χ4n) is 1.54. The number of benzene rings is 1. The highest BCUT2D eigenvalue weighted by atomic mass is 19.1. The first-order chi connectivity index (χ1) is 7.56. The highest BCUT2D eigenvalue weighted by Crippen LogP contribution is 2.20. The zero-order valence-corrected chi connectivity index (χ0v) is 9.50. The van der Waals surface area contributed by atoms with Crippen molar-refractivity contribution in [1.82, 2.24) is 0 Å². The van der Waals surface area contributed by atoms with Gasteiger partial charge >= 0.3 is 5.97 Å². The van der Waals surface area contributed by atoms with Gasteiger partial charge in [0.2, 0.25) is 0 Å². The fourth-order valence-corrected chi connectivity index (χ4v) is 1.54. The van der Waals surface area contributed by atoms with Gasteiger partial charge in [-0.25, -0.2) is 4.39 Å². The molecule has 1 aromatic carbocycles. The summed E-state index contributed by atoms with van der Waals surface area (Å²) >= 11 is 0.